The molecule has 0 saturated heterocycles. The molecule has 0 nitrogen and oxygen atoms in total. The lowest BCUT2D eigenvalue weighted by molar-refractivity contribution is 0.596. The third-order valence-corrected chi connectivity index (χ3v) is 8.42. The normalized spacial score (nSPS) is 13.0. The van der Waals surface area contributed by atoms with Gasteiger partial charge in [0, 0.05) is 0 Å². The summed E-state index contributed by atoms with van der Waals surface area (Å²) in [4.78, 5) is 0. The second-order valence-corrected chi connectivity index (χ2v) is 13.0. The monoisotopic (exact) mass is 490 g/mol. The first-order chi connectivity index (χ1) is 18.1. The lowest BCUT2D eigenvalue weighted by Crippen LogP contribution is -2.13. The lowest BCUT2D eigenvalue weighted by Gasteiger charge is -2.27. The van der Waals surface area contributed by atoms with Crippen LogP contribution in [0.2, 0.25) is 0 Å². The summed E-state index contributed by atoms with van der Waals surface area (Å²) in [5, 5.41) is 13.5. The third-order valence-electron chi connectivity index (χ3n) is 8.42. The van der Waals surface area contributed by atoms with E-state index in [0.717, 1.165) is 0 Å². The Morgan fingerprint density at radius 1 is 0.395 bits per heavy atom. The van der Waals surface area contributed by atoms with Crippen LogP contribution in [0.25, 0.3) is 65.0 Å². The molecule has 0 saturated carbocycles. The van der Waals surface area contributed by atoms with E-state index in [9.17, 15) is 0 Å². The number of fused-ring (bicyclic) bond motifs is 2. The van der Waals surface area contributed by atoms with E-state index in [1.165, 1.54) is 76.1 Å². The molecule has 0 amide bonds. The number of hydrogen-bond acceptors (Lipinski definition) is 0. The van der Waals surface area contributed by atoms with Crippen LogP contribution >= 0.6 is 0 Å². The van der Waals surface area contributed by atoms with Gasteiger partial charge in [-0.15, -0.1) is 0 Å². The number of hydrogen-bond donors (Lipinski definition) is 0. The van der Waals surface area contributed by atoms with Crippen molar-refractivity contribution in [2.75, 3.05) is 0 Å². The number of benzene rings is 7. The van der Waals surface area contributed by atoms with Crippen LogP contribution in [-0.4, -0.2) is 0 Å². The minimum absolute atomic E-state index is 0.0315. The molecule has 0 heterocycles. The molecule has 0 spiro atoms. The van der Waals surface area contributed by atoms with Gasteiger partial charge in [-0.05, 0) is 86.9 Å². The van der Waals surface area contributed by atoms with Crippen LogP contribution in [0.1, 0.15) is 52.7 Å². The zero-order chi connectivity index (χ0) is 26.4. The molecular weight excluding hydrogens is 456 g/mol. The maximum absolute atomic E-state index is 2.36. The van der Waals surface area contributed by atoms with Gasteiger partial charge in [0.05, 0.1) is 0 Å². The van der Waals surface area contributed by atoms with E-state index < -0.39 is 0 Å². The van der Waals surface area contributed by atoms with Crippen molar-refractivity contribution in [3.63, 3.8) is 0 Å². The smallest absolute Gasteiger partial charge is 0.00204 e. The lowest BCUT2D eigenvalue weighted by atomic mass is 9.77. The van der Waals surface area contributed by atoms with Gasteiger partial charge in [0.2, 0.25) is 0 Å². The van der Waals surface area contributed by atoms with Crippen LogP contribution in [0.5, 0.6) is 0 Å². The Bertz CT molecular complexity index is 1970. The van der Waals surface area contributed by atoms with E-state index in [4.69, 9.17) is 0 Å². The summed E-state index contributed by atoms with van der Waals surface area (Å²) in [6, 6.07) is 36.7. The van der Waals surface area contributed by atoms with Crippen LogP contribution < -0.4 is 0 Å². The predicted octanol–water partition coefficient (Wildman–Crippen LogP) is 11.2. The summed E-state index contributed by atoms with van der Waals surface area (Å²) in [5.41, 5.74) is 5.62. The summed E-state index contributed by atoms with van der Waals surface area (Å²) in [7, 11) is 0. The molecule has 0 fully saturated rings. The molecule has 0 radical (unpaired) electrons. The van der Waals surface area contributed by atoms with Crippen LogP contribution in [0.4, 0.5) is 0 Å². The van der Waals surface area contributed by atoms with Crippen molar-refractivity contribution in [1.29, 1.82) is 0 Å². The highest BCUT2D eigenvalue weighted by Crippen LogP contribution is 2.47. The Kier molecular flexibility index (Phi) is 4.77. The standard InChI is InChI=1S/C38H34/c1-37(2,3)32-22-18-24-15-19-27-28(20-16-23-17-21-31(32)34(24)33(23)27)35-25-11-7-9-13-29(25)36(38(4,5)6)30-14-10-8-12-26(30)35/h7-22H,1-6H3. The third kappa shape index (κ3) is 3.23. The van der Waals surface area contributed by atoms with Crippen molar-refractivity contribution in [3.05, 3.63) is 108 Å². The van der Waals surface area contributed by atoms with Crippen molar-refractivity contribution < 1.29 is 0 Å². The summed E-state index contributed by atoms with van der Waals surface area (Å²) in [6.45, 7) is 14.0. The second kappa shape index (κ2) is 7.81. The van der Waals surface area contributed by atoms with Crippen molar-refractivity contribution in [1.82, 2.24) is 0 Å². The van der Waals surface area contributed by atoms with Gasteiger partial charge >= 0.3 is 0 Å². The fourth-order valence-corrected chi connectivity index (χ4v) is 6.90. The molecule has 0 aliphatic rings. The quantitative estimate of drug-likeness (QED) is 0.158. The van der Waals surface area contributed by atoms with E-state index in [2.05, 4.69) is 139 Å². The van der Waals surface area contributed by atoms with Crippen molar-refractivity contribution in [2.45, 2.75) is 52.4 Å². The zero-order valence-corrected chi connectivity index (χ0v) is 23.2. The molecule has 0 aromatic heterocycles. The highest BCUT2D eigenvalue weighted by molar-refractivity contribution is 6.28. The summed E-state index contributed by atoms with van der Waals surface area (Å²) in [5.74, 6) is 0. The van der Waals surface area contributed by atoms with Gasteiger partial charge in [0.15, 0.2) is 0 Å². The van der Waals surface area contributed by atoms with Crippen molar-refractivity contribution in [2.24, 2.45) is 0 Å². The van der Waals surface area contributed by atoms with Crippen LogP contribution in [0.15, 0.2) is 97.1 Å². The molecule has 38 heavy (non-hydrogen) atoms. The van der Waals surface area contributed by atoms with Gasteiger partial charge in [0.25, 0.3) is 0 Å². The molecule has 0 unspecified atom stereocenters. The van der Waals surface area contributed by atoms with Gasteiger partial charge < -0.3 is 0 Å². The Morgan fingerprint density at radius 2 is 0.868 bits per heavy atom. The molecule has 7 aromatic rings. The molecule has 0 heteroatoms. The average Bonchev–Trinajstić information content (AvgIpc) is 2.89. The minimum Gasteiger partial charge on any atom is -0.0616 e. The summed E-state index contributed by atoms with van der Waals surface area (Å²) in [6.07, 6.45) is 0. The fraction of sp³-hybridized carbons (Fsp3) is 0.211. The fourth-order valence-electron chi connectivity index (χ4n) is 6.90. The van der Waals surface area contributed by atoms with Crippen molar-refractivity contribution >= 4 is 53.9 Å². The Labute approximate surface area is 225 Å². The van der Waals surface area contributed by atoms with Crippen LogP contribution in [-0.2, 0) is 10.8 Å². The summed E-state index contributed by atoms with van der Waals surface area (Å²) < 4.78 is 0. The first-order valence-corrected chi connectivity index (χ1v) is 13.8. The maximum Gasteiger partial charge on any atom is -0.00204 e. The largest absolute Gasteiger partial charge is 0.0616 e. The van der Waals surface area contributed by atoms with Crippen LogP contribution in [0.3, 0.4) is 0 Å². The van der Waals surface area contributed by atoms with Crippen molar-refractivity contribution in [3.8, 4) is 11.1 Å². The first-order valence-electron chi connectivity index (χ1n) is 13.8. The van der Waals surface area contributed by atoms with Crippen LogP contribution in [0, 0.1) is 0 Å². The topological polar surface area (TPSA) is 0 Å². The molecule has 0 bridgehead atoms. The molecule has 0 atom stereocenters. The second-order valence-electron chi connectivity index (χ2n) is 13.0. The highest BCUT2D eigenvalue weighted by Gasteiger charge is 2.25. The van der Waals surface area contributed by atoms with E-state index in [1.807, 2.05) is 0 Å². The average molecular weight is 491 g/mol. The van der Waals surface area contributed by atoms with Gasteiger partial charge in [-0.2, -0.15) is 0 Å². The molecule has 186 valence electrons. The Balaban J connectivity index is 1.69. The zero-order valence-electron chi connectivity index (χ0n) is 23.2. The molecule has 0 aliphatic heterocycles. The van der Waals surface area contributed by atoms with Gasteiger partial charge in [-0.25, -0.2) is 0 Å². The molecule has 7 rings (SSSR count). The molecule has 0 aliphatic carbocycles. The predicted molar refractivity (Wildman–Crippen MR) is 168 cm³/mol. The SMILES string of the molecule is CC(C)(C)c1c2ccccc2c(-c2ccc3ccc4c(C(C)(C)C)ccc5ccc2c3c54)c2ccccc12. The van der Waals surface area contributed by atoms with E-state index in [1.54, 1.807) is 0 Å². The van der Waals surface area contributed by atoms with E-state index in [0.29, 0.717) is 0 Å². The molecule has 0 N–H and O–H groups in total. The Morgan fingerprint density at radius 3 is 1.42 bits per heavy atom. The number of rotatable bonds is 1. The first kappa shape index (κ1) is 23.2. The van der Waals surface area contributed by atoms with E-state index in [-0.39, 0.29) is 10.8 Å². The van der Waals surface area contributed by atoms with Gasteiger partial charge in [-0.1, -0.05) is 139 Å². The molecule has 7 aromatic carbocycles. The van der Waals surface area contributed by atoms with E-state index >= 15 is 0 Å². The minimum atomic E-state index is 0.0315. The van der Waals surface area contributed by atoms with Gasteiger partial charge in [-0.3, -0.25) is 0 Å². The van der Waals surface area contributed by atoms with Gasteiger partial charge in [0.1, 0.15) is 0 Å². The Hall–Kier alpha value is -3.90. The molecular formula is C38H34. The summed E-state index contributed by atoms with van der Waals surface area (Å²) >= 11 is 0. The highest BCUT2D eigenvalue weighted by atomic mass is 14.3. The maximum atomic E-state index is 2.36.